The molecule has 1 heterocycles. The minimum atomic E-state index is 0.423. The van der Waals surface area contributed by atoms with Crippen LogP contribution >= 0.6 is 0 Å². The van der Waals surface area contributed by atoms with Gasteiger partial charge in [-0.1, -0.05) is 0 Å². The van der Waals surface area contributed by atoms with Crippen LogP contribution in [0.1, 0.15) is 26.2 Å². The van der Waals surface area contributed by atoms with E-state index in [4.69, 9.17) is 11.2 Å². The summed E-state index contributed by atoms with van der Waals surface area (Å²) in [6.45, 7) is 3.02. The van der Waals surface area contributed by atoms with Gasteiger partial charge in [-0.3, -0.25) is 0 Å². The highest BCUT2D eigenvalue weighted by atomic mass is 16.5. The highest BCUT2D eigenvalue weighted by Gasteiger charge is 2.27. The van der Waals surface area contributed by atoms with Crippen molar-refractivity contribution in [3.8, 4) is 12.3 Å². The Balaban J connectivity index is 2.34. The molecule has 0 saturated carbocycles. The predicted molar refractivity (Wildman–Crippen MR) is 54.4 cm³/mol. The predicted octanol–water partition coefficient (Wildman–Crippen LogP) is 1.41. The summed E-state index contributed by atoms with van der Waals surface area (Å²) >= 11 is 0. The van der Waals surface area contributed by atoms with Crippen LogP contribution in [0.4, 0.5) is 0 Å². The van der Waals surface area contributed by atoms with Crippen LogP contribution in [0.3, 0.4) is 0 Å². The zero-order chi connectivity index (χ0) is 9.68. The van der Waals surface area contributed by atoms with E-state index in [9.17, 15) is 0 Å². The summed E-state index contributed by atoms with van der Waals surface area (Å²) in [5.74, 6) is 3.33. The molecule has 0 aromatic rings. The molecule has 1 aliphatic rings. The molecule has 0 spiro atoms. The molecular formula is C11H19NO. The molecule has 3 unspecified atom stereocenters. The van der Waals surface area contributed by atoms with Gasteiger partial charge >= 0.3 is 0 Å². The number of rotatable bonds is 4. The minimum Gasteiger partial charge on any atom is -0.378 e. The van der Waals surface area contributed by atoms with E-state index in [1.807, 2.05) is 7.05 Å². The lowest BCUT2D eigenvalue weighted by Gasteiger charge is -2.20. The second-order valence-corrected chi connectivity index (χ2v) is 3.78. The van der Waals surface area contributed by atoms with Crippen LogP contribution in [0, 0.1) is 18.3 Å². The van der Waals surface area contributed by atoms with Gasteiger partial charge in [-0.05, 0) is 26.8 Å². The van der Waals surface area contributed by atoms with Crippen LogP contribution < -0.4 is 5.32 Å². The molecule has 1 aliphatic heterocycles. The van der Waals surface area contributed by atoms with E-state index in [0.29, 0.717) is 18.1 Å². The van der Waals surface area contributed by atoms with Crippen molar-refractivity contribution in [2.24, 2.45) is 5.92 Å². The van der Waals surface area contributed by atoms with Crippen molar-refractivity contribution in [3.05, 3.63) is 0 Å². The first kappa shape index (κ1) is 10.6. The third kappa shape index (κ3) is 3.02. The van der Waals surface area contributed by atoms with Gasteiger partial charge in [-0.15, -0.1) is 12.3 Å². The summed E-state index contributed by atoms with van der Waals surface area (Å²) in [6, 6.07) is 0.529. The summed E-state index contributed by atoms with van der Waals surface area (Å²) < 4.78 is 5.54. The topological polar surface area (TPSA) is 21.3 Å². The fraction of sp³-hybridized carbons (Fsp3) is 0.818. The van der Waals surface area contributed by atoms with Crippen molar-refractivity contribution < 1.29 is 4.74 Å². The molecular weight excluding hydrogens is 162 g/mol. The summed E-state index contributed by atoms with van der Waals surface area (Å²) in [7, 11) is 2.00. The maximum absolute atomic E-state index is 5.54. The lowest BCUT2D eigenvalue weighted by atomic mass is 9.93. The molecule has 1 N–H and O–H groups in total. The first-order valence-corrected chi connectivity index (χ1v) is 5.00. The summed E-state index contributed by atoms with van der Waals surface area (Å²) in [4.78, 5) is 0. The van der Waals surface area contributed by atoms with Gasteiger partial charge in [-0.2, -0.15) is 0 Å². The first-order valence-electron chi connectivity index (χ1n) is 5.00. The van der Waals surface area contributed by atoms with E-state index >= 15 is 0 Å². The molecule has 0 radical (unpaired) electrons. The molecule has 0 aliphatic carbocycles. The molecule has 2 nitrogen and oxygen atoms in total. The highest BCUT2D eigenvalue weighted by Crippen LogP contribution is 2.24. The molecule has 74 valence electrons. The van der Waals surface area contributed by atoms with Crippen molar-refractivity contribution >= 4 is 0 Å². The van der Waals surface area contributed by atoms with E-state index in [0.717, 1.165) is 25.9 Å². The van der Waals surface area contributed by atoms with Crippen LogP contribution in [0.2, 0.25) is 0 Å². The Morgan fingerprint density at radius 1 is 1.69 bits per heavy atom. The Bertz CT molecular complexity index is 185. The van der Waals surface area contributed by atoms with Gasteiger partial charge in [0.1, 0.15) is 0 Å². The molecule has 2 heteroatoms. The number of hydrogen-bond acceptors (Lipinski definition) is 2. The largest absolute Gasteiger partial charge is 0.378 e. The average Bonchev–Trinajstić information content (AvgIpc) is 2.54. The smallest absolute Gasteiger partial charge is 0.0551 e. The van der Waals surface area contributed by atoms with Crippen LogP contribution in [0.15, 0.2) is 0 Å². The summed E-state index contributed by atoms with van der Waals surface area (Å²) in [6.07, 6.45) is 8.75. The molecule has 0 amide bonds. The molecule has 3 atom stereocenters. The molecule has 0 aromatic heterocycles. The number of nitrogens with one attached hydrogen (secondary N) is 1. The molecule has 0 aromatic carbocycles. The van der Waals surface area contributed by atoms with Crippen LogP contribution in [-0.2, 0) is 4.74 Å². The Labute approximate surface area is 81.0 Å². The minimum absolute atomic E-state index is 0.423. The van der Waals surface area contributed by atoms with E-state index in [2.05, 4.69) is 18.2 Å². The van der Waals surface area contributed by atoms with Crippen molar-refractivity contribution in [2.75, 3.05) is 13.7 Å². The van der Waals surface area contributed by atoms with E-state index in [1.54, 1.807) is 0 Å². The van der Waals surface area contributed by atoms with Gasteiger partial charge in [-0.25, -0.2) is 0 Å². The van der Waals surface area contributed by atoms with Gasteiger partial charge in [0.25, 0.3) is 0 Å². The summed E-state index contributed by atoms with van der Waals surface area (Å²) in [5.41, 5.74) is 0. The van der Waals surface area contributed by atoms with Gasteiger partial charge in [0.2, 0.25) is 0 Å². The SMILES string of the molecule is C#CCCC(NC)C1COC(C)C1. The monoisotopic (exact) mass is 181 g/mol. The van der Waals surface area contributed by atoms with Gasteiger partial charge in [0, 0.05) is 18.4 Å². The van der Waals surface area contributed by atoms with Crippen molar-refractivity contribution in [1.82, 2.24) is 5.32 Å². The van der Waals surface area contributed by atoms with Gasteiger partial charge < -0.3 is 10.1 Å². The third-order valence-corrected chi connectivity index (χ3v) is 2.77. The highest BCUT2D eigenvalue weighted by molar-refractivity contribution is 4.88. The molecule has 1 fully saturated rings. The average molecular weight is 181 g/mol. The van der Waals surface area contributed by atoms with Gasteiger partial charge in [0.15, 0.2) is 0 Å². The number of terminal acetylenes is 1. The Morgan fingerprint density at radius 3 is 2.92 bits per heavy atom. The molecule has 1 saturated heterocycles. The van der Waals surface area contributed by atoms with E-state index in [-0.39, 0.29) is 0 Å². The van der Waals surface area contributed by atoms with Crippen LogP contribution in [0.5, 0.6) is 0 Å². The first-order chi connectivity index (χ1) is 6.27. The maximum Gasteiger partial charge on any atom is 0.0551 e. The number of hydrogen-bond donors (Lipinski definition) is 1. The standard InChI is InChI=1S/C11H19NO/c1-4-5-6-11(12-3)10-7-9(2)13-8-10/h1,9-12H,5-8H2,2-3H3. The Morgan fingerprint density at radius 2 is 2.46 bits per heavy atom. The van der Waals surface area contributed by atoms with Crippen LogP contribution in [0.25, 0.3) is 0 Å². The van der Waals surface area contributed by atoms with Crippen LogP contribution in [-0.4, -0.2) is 25.8 Å². The summed E-state index contributed by atoms with van der Waals surface area (Å²) in [5, 5.41) is 3.32. The zero-order valence-electron chi connectivity index (χ0n) is 8.55. The Hall–Kier alpha value is -0.520. The van der Waals surface area contributed by atoms with Gasteiger partial charge in [0.05, 0.1) is 12.7 Å². The third-order valence-electron chi connectivity index (χ3n) is 2.77. The maximum atomic E-state index is 5.54. The molecule has 1 rings (SSSR count). The lowest BCUT2D eigenvalue weighted by Crippen LogP contribution is -2.33. The molecule has 0 bridgehead atoms. The lowest BCUT2D eigenvalue weighted by molar-refractivity contribution is 0.117. The second kappa shape index (κ2) is 5.26. The van der Waals surface area contributed by atoms with E-state index < -0.39 is 0 Å². The zero-order valence-corrected chi connectivity index (χ0v) is 8.55. The van der Waals surface area contributed by atoms with Crippen molar-refractivity contribution in [2.45, 2.75) is 38.3 Å². The van der Waals surface area contributed by atoms with Crippen molar-refractivity contribution in [3.63, 3.8) is 0 Å². The fourth-order valence-corrected chi connectivity index (χ4v) is 1.99. The van der Waals surface area contributed by atoms with E-state index in [1.165, 1.54) is 0 Å². The fourth-order valence-electron chi connectivity index (χ4n) is 1.99. The molecule has 13 heavy (non-hydrogen) atoms. The van der Waals surface area contributed by atoms with Crippen molar-refractivity contribution in [1.29, 1.82) is 0 Å². The second-order valence-electron chi connectivity index (χ2n) is 3.78. The normalized spacial score (nSPS) is 29.9. The quantitative estimate of drug-likeness (QED) is 0.662. The Kier molecular flexibility index (Phi) is 4.27. The number of ether oxygens (including phenoxy) is 1.